The number of nitrogens with zero attached hydrogens (tertiary/aromatic N) is 2. The first-order valence-electron chi connectivity index (χ1n) is 12.7. The highest BCUT2D eigenvalue weighted by Crippen LogP contribution is 2.39. The lowest BCUT2D eigenvalue weighted by Gasteiger charge is -2.22. The molecule has 2 amide bonds. The Balaban J connectivity index is 1.69. The minimum absolute atomic E-state index is 0.286. The lowest BCUT2D eigenvalue weighted by molar-refractivity contribution is -0.122. The van der Waals surface area contributed by atoms with Crippen molar-refractivity contribution in [2.24, 2.45) is 0 Å². The maximum absolute atomic E-state index is 13.3. The third-order valence-electron chi connectivity index (χ3n) is 7.22. The van der Waals surface area contributed by atoms with Crippen LogP contribution in [0, 0.1) is 0 Å². The van der Waals surface area contributed by atoms with Crippen molar-refractivity contribution in [2.75, 3.05) is 33.9 Å². The molecule has 1 aliphatic heterocycles. The van der Waals surface area contributed by atoms with Gasteiger partial charge in [0.1, 0.15) is 11.5 Å². The van der Waals surface area contributed by atoms with Gasteiger partial charge in [-0.3, -0.25) is 14.9 Å². The van der Waals surface area contributed by atoms with Crippen LogP contribution in [0.25, 0.3) is 33.0 Å². The zero-order valence-electron chi connectivity index (χ0n) is 22.0. The summed E-state index contributed by atoms with van der Waals surface area (Å²) >= 11 is 0. The van der Waals surface area contributed by atoms with E-state index in [-0.39, 0.29) is 5.57 Å². The SMILES string of the molecule is CCN(CC)CC(O)Cn1cc(C2=C(c3c[nH]c4ccc(OC)cc34)C(=O)NC2=O)c2cc(OC)ccc21. The Hall–Kier alpha value is -4.08. The van der Waals surface area contributed by atoms with Gasteiger partial charge in [0.05, 0.1) is 31.5 Å². The summed E-state index contributed by atoms with van der Waals surface area (Å²) < 4.78 is 12.8. The van der Waals surface area contributed by atoms with Crippen LogP contribution in [0.2, 0.25) is 0 Å². The average Bonchev–Trinajstić information content (AvgIpc) is 3.58. The highest BCUT2D eigenvalue weighted by molar-refractivity contribution is 6.50. The van der Waals surface area contributed by atoms with E-state index in [2.05, 4.69) is 29.0 Å². The molecule has 38 heavy (non-hydrogen) atoms. The number of ether oxygens (including phenoxy) is 2. The fourth-order valence-electron chi connectivity index (χ4n) is 5.22. The van der Waals surface area contributed by atoms with Crippen molar-refractivity contribution in [2.45, 2.75) is 26.5 Å². The van der Waals surface area contributed by atoms with E-state index in [1.807, 2.05) is 47.2 Å². The van der Waals surface area contributed by atoms with Crippen LogP contribution in [0.3, 0.4) is 0 Å². The number of aliphatic hydroxyl groups excluding tert-OH is 1. The zero-order chi connectivity index (χ0) is 27.0. The Kier molecular flexibility index (Phi) is 6.96. The van der Waals surface area contributed by atoms with Gasteiger partial charge < -0.3 is 29.0 Å². The number of hydrogen-bond donors (Lipinski definition) is 3. The molecule has 3 heterocycles. The van der Waals surface area contributed by atoms with Crippen LogP contribution in [0.15, 0.2) is 48.8 Å². The van der Waals surface area contributed by atoms with E-state index in [4.69, 9.17) is 9.47 Å². The minimum atomic E-state index is -0.617. The Morgan fingerprint density at radius 1 is 0.921 bits per heavy atom. The molecular weight excluding hydrogens is 484 g/mol. The van der Waals surface area contributed by atoms with Crippen LogP contribution in [0.1, 0.15) is 25.0 Å². The van der Waals surface area contributed by atoms with E-state index >= 15 is 0 Å². The smallest absolute Gasteiger partial charge is 0.259 e. The van der Waals surface area contributed by atoms with Gasteiger partial charge in [0.2, 0.25) is 0 Å². The van der Waals surface area contributed by atoms with Crippen molar-refractivity contribution in [1.82, 2.24) is 19.8 Å². The number of carbonyl (C=O) groups is 2. The summed E-state index contributed by atoms with van der Waals surface area (Å²) in [7, 11) is 3.17. The molecule has 5 rings (SSSR count). The summed E-state index contributed by atoms with van der Waals surface area (Å²) in [5, 5.41) is 14.9. The molecule has 198 valence electrons. The normalized spacial score (nSPS) is 14.7. The average molecular weight is 517 g/mol. The monoisotopic (exact) mass is 516 g/mol. The van der Waals surface area contributed by atoms with Gasteiger partial charge in [-0.25, -0.2) is 0 Å². The number of H-pyrrole nitrogens is 1. The predicted molar refractivity (Wildman–Crippen MR) is 147 cm³/mol. The number of methoxy groups -OCH3 is 2. The fourth-order valence-corrected chi connectivity index (χ4v) is 5.22. The zero-order valence-corrected chi connectivity index (χ0v) is 22.0. The number of nitrogens with one attached hydrogen (secondary N) is 2. The molecule has 0 bridgehead atoms. The lowest BCUT2D eigenvalue weighted by Crippen LogP contribution is -2.34. The number of carbonyl (C=O) groups excluding carboxylic acids is 2. The lowest BCUT2D eigenvalue weighted by atomic mass is 9.95. The number of imide groups is 1. The number of fused-ring (bicyclic) bond motifs is 2. The molecule has 9 nitrogen and oxygen atoms in total. The molecular formula is C29H32N4O5. The maximum Gasteiger partial charge on any atom is 0.259 e. The molecule has 2 aromatic carbocycles. The van der Waals surface area contributed by atoms with Crippen molar-refractivity contribution in [1.29, 1.82) is 0 Å². The second-order valence-electron chi connectivity index (χ2n) is 9.37. The number of benzene rings is 2. The number of aliphatic hydroxyl groups is 1. The molecule has 1 aliphatic rings. The second kappa shape index (κ2) is 10.4. The largest absolute Gasteiger partial charge is 0.497 e. The van der Waals surface area contributed by atoms with Gasteiger partial charge in [0, 0.05) is 58.4 Å². The first kappa shape index (κ1) is 25.6. The minimum Gasteiger partial charge on any atom is -0.497 e. The third kappa shape index (κ3) is 4.44. The van der Waals surface area contributed by atoms with Crippen molar-refractivity contribution in [3.05, 3.63) is 59.9 Å². The molecule has 0 radical (unpaired) electrons. The van der Waals surface area contributed by atoms with E-state index in [0.717, 1.165) is 34.9 Å². The molecule has 1 unspecified atom stereocenters. The quantitative estimate of drug-likeness (QED) is 0.279. The van der Waals surface area contributed by atoms with Crippen molar-refractivity contribution >= 4 is 44.8 Å². The molecule has 3 N–H and O–H groups in total. The van der Waals surface area contributed by atoms with Crippen molar-refractivity contribution in [3.8, 4) is 11.5 Å². The van der Waals surface area contributed by atoms with Crippen LogP contribution in [-0.4, -0.2) is 71.3 Å². The summed E-state index contributed by atoms with van der Waals surface area (Å²) in [6.07, 6.45) is 2.97. The molecule has 0 saturated carbocycles. The van der Waals surface area contributed by atoms with Gasteiger partial charge >= 0.3 is 0 Å². The van der Waals surface area contributed by atoms with Crippen molar-refractivity contribution < 1.29 is 24.2 Å². The Labute approximate surface area is 220 Å². The van der Waals surface area contributed by atoms with E-state index in [0.29, 0.717) is 41.3 Å². The second-order valence-corrected chi connectivity index (χ2v) is 9.37. The highest BCUT2D eigenvalue weighted by Gasteiger charge is 2.35. The Morgan fingerprint density at radius 3 is 2.21 bits per heavy atom. The summed E-state index contributed by atoms with van der Waals surface area (Å²) in [5.41, 5.74) is 3.45. The molecule has 4 aromatic rings. The van der Waals surface area contributed by atoms with Crippen LogP contribution in [0.5, 0.6) is 11.5 Å². The molecule has 0 fully saturated rings. The summed E-state index contributed by atoms with van der Waals surface area (Å²) in [4.78, 5) is 31.8. The number of aromatic amines is 1. The van der Waals surface area contributed by atoms with Crippen LogP contribution in [-0.2, 0) is 16.1 Å². The number of likely N-dealkylation sites (N-methyl/N-ethyl adjacent to an activating group) is 1. The predicted octanol–water partition coefficient (Wildman–Crippen LogP) is 3.41. The van der Waals surface area contributed by atoms with Gasteiger partial charge in [0.25, 0.3) is 11.8 Å². The number of rotatable bonds is 10. The van der Waals surface area contributed by atoms with Gasteiger partial charge in [0.15, 0.2) is 0 Å². The topological polar surface area (TPSA) is 109 Å². The molecule has 0 aliphatic carbocycles. The van der Waals surface area contributed by atoms with Crippen molar-refractivity contribution in [3.63, 3.8) is 0 Å². The van der Waals surface area contributed by atoms with Gasteiger partial charge in [-0.05, 0) is 49.5 Å². The number of hydrogen-bond acceptors (Lipinski definition) is 6. The highest BCUT2D eigenvalue weighted by atomic mass is 16.5. The first-order valence-corrected chi connectivity index (χ1v) is 12.7. The Morgan fingerprint density at radius 2 is 1.55 bits per heavy atom. The molecule has 1 atom stereocenters. The number of aromatic nitrogens is 2. The van der Waals surface area contributed by atoms with Crippen LogP contribution < -0.4 is 14.8 Å². The third-order valence-corrected chi connectivity index (χ3v) is 7.22. The van der Waals surface area contributed by atoms with Gasteiger partial charge in [-0.15, -0.1) is 0 Å². The van der Waals surface area contributed by atoms with E-state index in [9.17, 15) is 14.7 Å². The molecule has 9 heteroatoms. The number of amides is 2. The van der Waals surface area contributed by atoms with E-state index < -0.39 is 17.9 Å². The summed E-state index contributed by atoms with van der Waals surface area (Å²) in [6.45, 7) is 6.68. The Bertz CT molecular complexity index is 1560. The van der Waals surface area contributed by atoms with E-state index in [1.54, 1.807) is 20.4 Å². The fraction of sp³-hybridized carbons (Fsp3) is 0.310. The van der Waals surface area contributed by atoms with Crippen LogP contribution in [0.4, 0.5) is 0 Å². The van der Waals surface area contributed by atoms with Gasteiger partial charge in [-0.2, -0.15) is 0 Å². The molecule has 0 saturated heterocycles. The van der Waals surface area contributed by atoms with Gasteiger partial charge in [-0.1, -0.05) is 13.8 Å². The maximum atomic E-state index is 13.3. The standard InChI is InChI=1S/C29H32N4O5/c1-5-32(6-2)14-17(34)15-33-16-23(21-12-19(38-4)8-10-25(21)33)27-26(28(35)31-29(27)36)22-13-30-24-9-7-18(37-3)11-20(22)24/h7-13,16-17,30,34H,5-6,14-15H2,1-4H3,(H,31,35,36). The molecule has 0 spiro atoms. The van der Waals surface area contributed by atoms with E-state index in [1.165, 1.54) is 0 Å². The van der Waals surface area contributed by atoms with Crippen LogP contribution >= 0.6 is 0 Å². The molecule has 2 aromatic heterocycles. The summed E-state index contributed by atoms with van der Waals surface area (Å²) in [5.74, 6) is 0.351. The summed E-state index contributed by atoms with van der Waals surface area (Å²) in [6, 6.07) is 11.2. The first-order chi connectivity index (χ1) is 18.4.